The highest BCUT2D eigenvalue weighted by Crippen LogP contribution is 2.42. The van der Waals surface area contributed by atoms with Crippen LogP contribution in [0.1, 0.15) is 81.4 Å². The van der Waals surface area contributed by atoms with Crippen molar-refractivity contribution in [3.63, 3.8) is 0 Å². The summed E-state index contributed by atoms with van der Waals surface area (Å²) in [5.41, 5.74) is 5.02. The zero-order chi connectivity index (χ0) is 22.1. The maximum absolute atomic E-state index is 13.3. The van der Waals surface area contributed by atoms with Gasteiger partial charge in [-0.15, -0.1) is 0 Å². The topological polar surface area (TPSA) is 55.4 Å². The number of ketones is 1. The van der Waals surface area contributed by atoms with E-state index in [9.17, 15) is 9.59 Å². The zero-order valence-electron chi connectivity index (χ0n) is 18.8. The Morgan fingerprint density at radius 3 is 2.10 bits per heavy atom. The van der Waals surface area contributed by atoms with E-state index in [2.05, 4.69) is 43.4 Å². The van der Waals surface area contributed by atoms with E-state index < -0.39 is 0 Å². The molecule has 0 saturated heterocycles. The van der Waals surface area contributed by atoms with E-state index in [4.69, 9.17) is 4.74 Å². The van der Waals surface area contributed by atoms with Gasteiger partial charge in [0.1, 0.15) is 5.75 Å². The molecule has 0 bridgehead atoms. The van der Waals surface area contributed by atoms with E-state index in [1.54, 1.807) is 0 Å². The second kappa shape index (κ2) is 8.70. The lowest BCUT2D eigenvalue weighted by molar-refractivity contribution is -0.122. The lowest BCUT2D eigenvalue weighted by Gasteiger charge is -2.34. The van der Waals surface area contributed by atoms with Crippen LogP contribution in [-0.4, -0.2) is 17.8 Å². The maximum Gasteiger partial charge on any atom is 0.225 e. The summed E-state index contributed by atoms with van der Waals surface area (Å²) in [6.45, 7) is 8.33. The summed E-state index contributed by atoms with van der Waals surface area (Å²) in [5.74, 6) is 1.34. The third-order valence-electron chi connectivity index (χ3n) is 6.26. The minimum Gasteiger partial charge on any atom is -0.491 e. The highest BCUT2D eigenvalue weighted by molar-refractivity contribution is 6.02. The normalized spacial score (nSPS) is 21.4. The van der Waals surface area contributed by atoms with Crippen LogP contribution in [0.2, 0.25) is 0 Å². The first-order valence-electron chi connectivity index (χ1n) is 11.2. The highest BCUT2D eigenvalue weighted by atomic mass is 16.5. The number of rotatable bonds is 5. The minimum absolute atomic E-state index is 0.00850. The Balaban J connectivity index is 1.60. The summed E-state index contributed by atoms with van der Waals surface area (Å²) in [6.07, 6.45) is 1.60. The molecule has 162 valence electrons. The Morgan fingerprint density at radius 2 is 1.48 bits per heavy atom. The third-order valence-corrected chi connectivity index (χ3v) is 6.26. The summed E-state index contributed by atoms with van der Waals surface area (Å²) >= 11 is 0. The number of carbonyl (C=O) groups excluding carboxylic acids is 2. The standard InChI is InChI=1S/C27H31NO3/c1-16(2)18-5-7-20(8-6-18)23-15-26(30)28-24-13-21(14-25(29)27(23)24)19-9-11-22(12-10-19)31-17(3)4/h5-12,16-17,21,23H,13-15H2,1-4H3,(H,28,30). The van der Waals surface area contributed by atoms with Crippen LogP contribution in [-0.2, 0) is 9.59 Å². The molecule has 2 aromatic carbocycles. The molecule has 4 heteroatoms. The van der Waals surface area contributed by atoms with Crippen LogP contribution in [0.3, 0.4) is 0 Å². The van der Waals surface area contributed by atoms with Crippen molar-refractivity contribution in [3.05, 3.63) is 76.5 Å². The quantitative estimate of drug-likeness (QED) is 0.689. The molecule has 0 aromatic heterocycles. The molecule has 0 saturated carbocycles. The van der Waals surface area contributed by atoms with E-state index in [1.807, 2.05) is 38.1 Å². The second-order valence-electron chi connectivity index (χ2n) is 9.28. The van der Waals surface area contributed by atoms with Crippen molar-refractivity contribution in [2.24, 2.45) is 0 Å². The van der Waals surface area contributed by atoms with Crippen LogP contribution < -0.4 is 10.1 Å². The van der Waals surface area contributed by atoms with Gasteiger partial charge >= 0.3 is 0 Å². The lowest BCUT2D eigenvalue weighted by Crippen LogP contribution is -2.38. The van der Waals surface area contributed by atoms with Crippen molar-refractivity contribution in [3.8, 4) is 5.75 Å². The fraction of sp³-hybridized carbons (Fsp3) is 0.407. The van der Waals surface area contributed by atoms with Crippen molar-refractivity contribution in [1.82, 2.24) is 5.32 Å². The van der Waals surface area contributed by atoms with Gasteiger partial charge in [-0.3, -0.25) is 9.59 Å². The smallest absolute Gasteiger partial charge is 0.225 e. The first kappa shape index (κ1) is 21.4. The molecule has 1 amide bonds. The molecular formula is C27H31NO3. The average molecular weight is 418 g/mol. The van der Waals surface area contributed by atoms with Crippen molar-refractivity contribution in [2.45, 2.75) is 70.8 Å². The van der Waals surface area contributed by atoms with E-state index in [0.717, 1.165) is 28.1 Å². The Labute approximate surface area is 184 Å². The van der Waals surface area contributed by atoms with Crippen molar-refractivity contribution >= 4 is 11.7 Å². The molecule has 0 fully saturated rings. The van der Waals surface area contributed by atoms with Gasteiger partial charge < -0.3 is 10.1 Å². The summed E-state index contributed by atoms with van der Waals surface area (Å²) in [6, 6.07) is 16.4. The third kappa shape index (κ3) is 4.58. The van der Waals surface area contributed by atoms with E-state index in [-0.39, 0.29) is 29.6 Å². The minimum atomic E-state index is -0.153. The number of allylic oxidation sites excluding steroid dienone is 2. The number of Topliss-reactive ketones (excluding diaryl/α,β-unsaturated/α-hetero) is 1. The molecule has 2 aliphatic rings. The van der Waals surface area contributed by atoms with Crippen LogP contribution in [0.25, 0.3) is 0 Å². The fourth-order valence-corrected chi connectivity index (χ4v) is 4.68. The van der Waals surface area contributed by atoms with Gasteiger partial charge in [-0.05, 0) is 60.9 Å². The number of ether oxygens (including phenoxy) is 1. The predicted molar refractivity (Wildman–Crippen MR) is 122 cm³/mol. The molecule has 2 aromatic rings. The molecule has 4 nitrogen and oxygen atoms in total. The monoisotopic (exact) mass is 417 g/mol. The zero-order valence-corrected chi connectivity index (χ0v) is 18.8. The fourth-order valence-electron chi connectivity index (χ4n) is 4.68. The molecule has 1 heterocycles. The molecule has 2 atom stereocenters. The van der Waals surface area contributed by atoms with Crippen molar-refractivity contribution < 1.29 is 14.3 Å². The number of nitrogens with one attached hydrogen (secondary N) is 1. The molecular weight excluding hydrogens is 386 g/mol. The van der Waals surface area contributed by atoms with Crippen LogP contribution in [0.4, 0.5) is 0 Å². The van der Waals surface area contributed by atoms with Gasteiger partial charge in [0, 0.05) is 30.0 Å². The molecule has 1 N–H and O–H groups in total. The predicted octanol–water partition coefficient (Wildman–Crippen LogP) is 5.60. The van der Waals surface area contributed by atoms with Crippen molar-refractivity contribution in [1.29, 1.82) is 0 Å². The summed E-state index contributed by atoms with van der Waals surface area (Å²) < 4.78 is 5.73. The number of hydrogen-bond acceptors (Lipinski definition) is 3. The average Bonchev–Trinajstić information content (AvgIpc) is 2.73. The Bertz CT molecular complexity index is 1000. The van der Waals surface area contributed by atoms with E-state index in [0.29, 0.717) is 25.2 Å². The SMILES string of the molecule is CC(C)Oc1ccc(C2CC(=O)C3=C(C2)NC(=O)CC3c2ccc(C(C)C)cc2)cc1. The molecule has 0 radical (unpaired) electrons. The van der Waals surface area contributed by atoms with Crippen LogP contribution in [0, 0.1) is 0 Å². The number of amides is 1. The lowest BCUT2D eigenvalue weighted by atomic mass is 9.73. The first-order valence-corrected chi connectivity index (χ1v) is 11.2. The summed E-state index contributed by atoms with van der Waals surface area (Å²) in [4.78, 5) is 25.8. The Hall–Kier alpha value is -2.88. The van der Waals surface area contributed by atoms with E-state index in [1.165, 1.54) is 5.56 Å². The van der Waals surface area contributed by atoms with Gasteiger partial charge in [0.2, 0.25) is 5.91 Å². The largest absolute Gasteiger partial charge is 0.491 e. The molecule has 1 aliphatic carbocycles. The summed E-state index contributed by atoms with van der Waals surface area (Å²) in [5, 5.41) is 3.01. The van der Waals surface area contributed by atoms with Crippen molar-refractivity contribution in [2.75, 3.05) is 0 Å². The molecule has 31 heavy (non-hydrogen) atoms. The molecule has 1 aliphatic heterocycles. The molecule has 0 spiro atoms. The van der Waals surface area contributed by atoms with Crippen LogP contribution >= 0.6 is 0 Å². The van der Waals surface area contributed by atoms with Gasteiger partial charge in [-0.25, -0.2) is 0 Å². The highest BCUT2D eigenvalue weighted by Gasteiger charge is 2.38. The Kier molecular flexibility index (Phi) is 5.99. The van der Waals surface area contributed by atoms with Gasteiger partial charge in [0.05, 0.1) is 6.10 Å². The molecule has 2 unspecified atom stereocenters. The number of hydrogen-bond donors (Lipinski definition) is 1. The number of carbonyl (C=O) groups is 2. The van der Waals surface area contributed by atoms with E-state index >= 15 is 0 Å². The van der Waals surface area contributed by atoms with Gasteiger partial charge in [-0.2, -0.15) is 0 Å². The Morgan fingerprint density at radius 1 is 0.839 bits per heavy atom. The van der Waals surface area contributed by atoms with Gasteiger partial charge in [-0.1, -0.05) is 50.2 Å². The van der Waals surface area contributed by atoms with Crippen LogP contribution in [0.5, 0.6) is 5.75 Å². The van der Waals surface area contributed by atoms with Gasteiger partial charge in [0.15, 0.2) is 5.78 Å². The summed E-state index contributed by atoms with van der Waals surface area (Å²) in [7, 11) is 0. The second-order valence-corrected chi connectivity index (χ2v) is 9.28. The first-order chi connectivity index (χ1) is 14.8. The molecule has 4 rings (SSSR count). The maximum atomic E-state index is 13.3. The van der Waals surface area contributed by atoms with Gasteiger partial charge in [0.25, 0.3) is 0 Å². The number of benzene rings is 2. The van der Waals surface area contributed by atoms with Crippen LogP contribution in [0.15, 0.2) is 59.8 Å².